The van der Waals surface area contributed by atoms with Gasteiger partial charge in [0.15, 0.2) is 0 Å². The van der Waals surface area contributed by atoms with Crippen LogP contribution in [0.2, 0.25) is 0 Å². The summed E-state index contributed by atoms with van der Waals surface area (Å²) in [7, 11) is 3.94. The third-order valence-electron chi connectivity index (χ3n) is 3.27. The van der Waals surface area contributed by atoms with E-state index < -0.39 is 0 Å². The normalized spacial score (nSPS) is 15.2. The molecule has 1 fully saturated rings. The molecule has 1 aliphatic rings. The maximum atomic E-state index is 4.53. The minimum absolute atomic E-state index is 0.702. The Balaban J connectivity index is 1.70. The minimum Gasteiger partial charge on any atom is -0.365 e. The molecule has 1 aliphatic carbocycles. The van der Waals surface area contributed by atoms with Gasteiger partial charge in [-0.05, 0) is 18.9 Å². The smallest absolute Gasteiger partial charge is 0.124 e. The second-order valence-electron chi connectivity index (χ2n) is 4.65. The maximum Gasteiger partial charge on any atom is 0.124 e. The Morgan fingerprint density at radius 3 is 2.82 bits per heavy atom. The van der Waals surface area contributed by atoms with Crippen molar-refractivity contribution >= 4 is 5.82 Å². The molecule has 3 rings (SSSR count). The summed E-state index contributed by atoms with van der Waals surface area (Å²) in [6, 6.07) is 4.18. The van der Waals surface area contributed by atoms with E-state index in [1.165, 1.54) is 24.2 Å². The van der Waals surface area contributed by atoms with Crippen molar-refractivity contribution < 1.29 is 0 Å². The van der Waals surface area contributed by atoms with E-state index >= 15 is 0 Å². The van der Waals surface area contributed by atoms with E-state index in [1.54, 1.807) is 0 Å². The van der Waals surface area contributed by atoms with Crippen LogP contribution in [0.5, 0.6) is 0 Å². The van der Waals surface area contributed by atoms with Crippen molar-refractivity contribution in [3.05, 3.63) is 29.7 Å². The number of hydrogen-bond donors (Lipinski definition) is 1. The van der Waals surface area contributed by atoms with Crippen LogP contribution < -0.4 is 5.32 Å². The van der Waals surface area contributed by atoms with Crippen LogP contribution in [0, 0.1) is 0 Å². The van der Waals surface area contributed by atoms with Gasteiger partial charge in [-0.1, -0.05) is 0 Å². The van der Waals surface area contributed by atoms with Gasteiger partial charge in [-0.3, -0.25) is 9.36 Å². The lowest BCUT2D eigenvalue weighted by Crippen LogP contribution is -2.08. The highest BCUT2D eigenvalue weighted by Crippen LogP contribution is 2.39. The highest BCUT2D eigenvalue weighted by atomic mass is 15.3. The Morgan fingerprint density at radius 1 is 1.35 bits per heavy atom. The van der Waals surface area contributed by atoms with Gasteiger partial charge in [-0.25, -0.2) is 0 Å². The molecule has 90 valence electrons. The molecule has 1 saturated carbocycles. The zero-order chi connectivity index (χ0) is 11.8. The van der Waals surface area contributed by atoms with Gasteiger partial charge >= 0.3 is 0 Å². The van der Waals surface area contributed by atoms with E-state index in [1.807, 2.05) is 35.7 Å². The van der Waals surface area contributed by atoms with E-state index in [0.717, 1.165) is 12.4 Å². The first-order valence-electron chi connectivity index (χ1n) is 5.99. The fourth-order valence-corrected chi connectivity index (χ4v) is 1.99. The quantitative estimate of drug-likeness (QED) is 0.870. The average molecular weight is 231 g/mol. The van der Waals surface area contributed by atoms with Crippen LogP contribution in [0.4, 0.5) is 5.82 Å². The van der Waals surface area contributed by atoms with Gasteiger partial charge in [-0.2, -0.15) is 10.2 Å². The standard InChI is InChI=1S/C12H17N5/c1-16-10(5-6-14-16)8-13-12-7-11(9-3-4-9)15-17(12)2/h5-7,9,13H,3-4,8H2,1-2H3. The fraction of sp³-hybridized carbons (Fsp3) is 0.500. The summed E-state index contributed by atoms with van der Waals surface area (Å²) >= 11 is 0. The Morgan fingerprint density at radius 2 is 2.18 bits per heavy atom. The summed E-state index contributed by atoms with van der Waals surface area (Å²) in [4.78, 5) is 0. The van der Waals surface area contributed by atoms with Crippen LogP contribution in [0.25, 0.3) is 0 Å². The van der Waals surface area contributed by atoms with Gasteiger partial charge in [-0.15, -0.1) is 0 Å². The number of rotatable bonds is 4. The van der Waals surface area contributed by atoms with Crippen LogP contribution in [0.15, 0.2) is 18.3 Å². The number of nitrogens with one attached hydrogen (secondary N) is 1. The van der Waals surface area contributed by atoms with E-state index in [-0.39, 0.29) is 0 Å². The van der Waals surface area contributed by atoms with Gasteiger partial charge in [0.1, 0.15) is 5.82 Å². The molecule has 5 nitrogen and oxygen atoms in total. The first-order chi connectivity index (χ1) is 8.24. The van der Waals surface area contributed by atoms with Crippen molar-refractivity contribution in [2.45, 2.75) is 25.3 Å². The van der Waals surface area contributed by atoms with Crippen molar-refractivity contribution in [2.24, 2.45) is 14.1 Å². The predicted octanol–water partition coefficient (Wildman–Crippen LogP) is 1.64. The van der Waals surface area contributed by atoms with Crippen LogP contribution >= 0.6 is 0 Å². The van der Waals surface area contributed by atoms with E-state index in [0.29, 0.717) is 5.92 Å². The van der Waals surface area contributed by atoms with Gasteiger partial charge in [0.2, 0.25) is 0 Å². The summed E-state index contributed by atoms with van der Waals surface area (Å²) in [5, 5.41) is 12.1. The Hall–Kier alpha value is -1.78. The molecule has 0 bridgehead atoms. The Bertz CT molecular complexity index is 521. The Labute approximate surface area is 100 Å². The molecule has 0 amide bonds. The lowest BCUT2D eigenvalue weighted by Gasteiger charge is -2.06. The molecular weight excluding hydrogens is 214 g/mol. The largest absolute Gasteiger partial charge is 0.365 e. The van der Waals surface area contributed by atoms with Crippen molar-refractivity contribution in [1.82, 2.24) is 19.6 Å². The van der Waals surface area contributed by atoms with Crippen LogP contribution in [-0.2, 0) is 20.6 Å². The Kier molecular flexibility index (Phi) is 2.39. The molecule has 17 heavy (non-hydrogen) atoms. The van der Waals surface area contributed by atoms with E-state index in [9.17, 15) is 0 Å². The van der Waals surface area contributed by atoms with Crippen molar-refractivity contribution in [3.63, 3.8) is 0 Å². The predicted molar refractivity (Wildman–Crippen MR) is 65.7 cm³/mol. The summed E-state index contributed by atoms with van der Waals surface area (Å²) < 4.78 is 3.80. The first kappa shape index (κ1) is 10.4. The molecule has 2 aromatic rings. The molecule has 0 atom stereocenters. The third kappa shape index (κ3) is 2.05. The molecule has 5 heteroatoms. The lowest BCUT2D eigenvalue weighted by molar-refractivity contribution is 0.711. The maximum absolute atomic E-state index is 4.53. The van der Waals surface area contributed by atoms with Gasteiger partial charge in [0, 0.05) is 32.3 Å². The molecular formula is C12H17N5. The van der Waals surface area contributed by atoms with E-state index in [2.05, 4.69) is 21.6 Å². The molecule has 0 aromatic carbocycles. The second-order valence-corrected chi connectivity index (χ2v) is 4.65. The van der Waals surface area contributed by atoms with Crippen LogP contribution in [0.3, 0.4) is 0 Å². The second kappa shape index (κ2) is 3.91. The zero-order valence-corrected chi connectivity index (χ0v) is 10.2. The minimum atomic E-state index is 0.702. The van der Waals surface area contributed by atoms with Crippen LogP contribution in [0.1, 0.15) is 30.1 Å². The highest BCUT2D eigenvalue weighted by molar-refractivity contribution is 5.39. The lowest BCUT2D eigenvalue weighted by atomic mass is 10.3. The van der Waals surface area contributed by atoms with Gasteiger partial charge < -0.3 is 5.32 Å². The number of aryl methyl sites for hydroxylation is 2. The molecule has 2 aromatic heterocycles. The molecule has 0 unspecified atom stereocenters. The molecule has 0 radical (unpaired) electrons. The van der Waals surface area contributed by atoms with E-state index in [4.69, 9.17) is 0 Å². The molecule has 0 aliphatic heterocycles. The topological polar surface area (TPSA) is 47.7 Å². The third-order valence-corrected chi connectivity index (χ3v) is 3.27. The highest BCUT2D eigenvalue weighted by Gasteiger charge is 2.26. The monoisotopic (exact) mass is 231 g/mol. The van der Waals surface area contributed by atoms with Gasteiger partial charge in [0.25, 0.3) is 0 Å². The van der Waals surface area contributed by atoms with Crippen molar-refractivity contribution in [1.29, 1.82) is 0 Å². The summed E-state index contributed by atoms with van der Waals surface area (Å²) in [5.74, 6) is 1.78. The number of aromatic nitrogens is 4. The number of anilines is 1. The summed E-state index contributed by atoms with van der Waals surface area (Å²) in [6.45, 7) is 0.778. The SMILES string of the molecule is Cn1nccc1CNc1cc(C2CC2)nn1C. The molecule has 0 spiro atoms. The number of hydrogen-bond acceptors (Lipinski definition) is 3. The first-order valence-corrected chi connectivity index (χ1v) is 5.99. The molecule has 0 saturated heterocycles. The summed E-state index contributed by atoms with van der Waals surface area (Å²) in [5.41, 5.74) is 2.39. The summed E-state index contributed by atoms with van der Waals surface area (Å²) in [6.07, 6.45) is 4.40. The molecule has 1 N–H and O–H groups in total. The van der Waals surface area contributed by atoms with Crippen molar-refractivity contribution in [2.75, 3.05) is 5.32 Å². The average Bonchev–Trinajstić information content (AvgIpc) is 2.98. The zero-order valence-electron chi connectivity index (χ0n) is 10.2. The number of nitrogens with zero attached hydrogens (tertiary/aromatic N) is 4. The fourth-order valence-electron chi connectivity index (χ4n) is 1.99. The van der Waals surface area contributed by atoms with Crippen molar-refractivity contribution in [3.8, 4) is 0 Å². The molecule has 2 heterocycles. The van der Waals surface area contributed by atoms with Gasteiger partial charge in [0.05, 0.1) is 17.9 Å². The van der Waals surface area contributed by atoms with Crippen LogP contribution in [-0.4, -0.2) is 19.6 Å².